The molecule has 0 saturated carbocycles. The first-order valence-electron chi connectivity index (χ1n) is 9.86. The number of hydrogen-bond donors (Lipinski definition) is 0. The summed E-state index contributed by atoms with van der Waals surface area (Å²) in [5.41, 5.74) is 2.71. The predicted octanol–water partition coefficient (Wildman–Crippen LogP) is 3.43. The number of benzene rings is 2. The Kier molecular flexibility index (Phi) is 5.03. The molecule has 6 heteroatoms. The van der Waals surface area contributed by atoms with E-state index in [2.05, 4.69) is 19.1 Å². The third-order valence-electron chi connectivity index (χ3n) is 6.26. The van der Waals surface area contributed by atoms with Gasteiger partial charge in [-0.1, -0.05) is 24.3 Å². The van der Waals surface area contributed by atoms with Crippen molar-refractivity contribution in [3.63, 3.8) is 0 Å². The Morgan fingerprint density at radius 1 is 1.10 bits per heavy atom. The number of carbonyl (C=O) groups excluding carboxylic acids is 2. The number of methoxy groups -OCH3 is 1. The maximum absolute atomic E-state index is 13.7. The van der Waals surface area contributed by atoms with E-state index in [1.165, 1.54) is 25.3 Å². The highest BCUT2D eigenvalue weighted by Crippen LogP contribution is 2.46. The average Bonchev–Trinajstić information content (AvgIpc) is 3.26. The first kappa shape index (κ1) is 19.4. The van der Waals surface area contributed by atoms with Gasteiger partial charge < -0.3 is 14.5 Å². The van der Waals surface area contributed by atoms with Gasteiger partial charge in [-0.05, 0) is 36.2 Å². The molecule has 0 aromatic heterocycles. The Bertz CT molecular complexity index is 961. The lowest BCUT2D eigenvalue weighted by atomic mass is 9.87. The summed E-state index contributed by atoms with van der Waals surface area (Å²) in [5, 5.41) is 0. The van der Waals surface area contributed by atoms with Gasteiger partial charge in [-0.15, -0.1) is 0 Å². The first-order chi connectivity index (χ1) is 13.9. The van der Waals surface area contributed by atoms with Crippen molar-refractivity contribution >= 4 is 11.8 Å². The van der Waals surface area contributed by atoms with E-state index in [4.69, 9.17) is 4.74 Å². The molecule has 2 fully saturated rings. The molecule has 0 spiro atoms. The lowest BCUT2D eigenvalue weighted by Crippen LogP contribution is -2.36. The predicted molar refractivity (Wildman–Crippen MR) is 107 cm³/mol. The fourth-order valence-electron chi connectivity index (χ4n) is 4.83. The second-order valence-electron chi connectivity index (χ2n) is 7.96. The molecule has 0 radical (unpaired) electrons. The van der Waals surface area contributed by atoms with E-state index >= 15 is 0 Å². The molecule has 2 aromatic carbocycles. The maximum atomic E-state index is 13.7. The number of fused-ring (bicyclic) bond motifs is 1. The quantitative estimate of drug-likeness (QED) is 0.799. The molecule has 152 valence electrons. The van der Waals surface area contributed by atoms with Crippen molar-refractivity contribution in [2.24, 2.45) is 11.8 Å². The van der Waals surface area contributed by atoms with Crippen LogP contribution < -0.4 is 4.74 Å². The number of rotatable bonds is 3. The fraction of sp³-hybridized carbons (Fsp3) is 0.391. The summed E-state index contributed by atoms with van der Waals surface area (Å²) in [7, 11) is 1.38. The molecule has 2 amide bonds. The lowest BCUT2D eigenvalue weighted by molar-refractivity contribution is -0.130. The third-order valence-corrected chi connectivity index (χ3v) is 6.26. The number of carbonyl (C=O) groups is 2. The molecule has 4 rings (SSSR count). The van der Waals surface area contributed by atoms with Crippen LogP contribution in [0.1, 0.15) is 34.5 Å². The van der Waals surface area contributed by atoms with Crippen LogP contribution in [0, 0.1) is 24.6 Å². The first-order valence-corrected chi connectivity index (χ1v) is 9.86. The van der Waals surface area contributed by atoms with Gasteiger partial charge in [0.05, 0.1) is 13.2 Å². The monoisotopic (exact) mass is 396 g/mol. The lowest BCUT2D eigenvalue weighted by Gasteiger charge is -2.30. The van der Waals surface area contributed by atoms with E-state index in [9.17, 15) is 14.0 Å². The molecule has 29 heavy (non-hydrogen) atoms. The van der Waals surface area contributed by atoms with Crippen molar-refractivity contribution in [1.29, 1.82) is 0 Å². The Balaban J connectivity index is 1.60. The SMILES string of the molecule is COc1cc(C(=O)N2C[C@@H]3CN(C(C)=O)[C@@H](c4ccccc4C)[C@@H]3C2)ccc1F. The van der Waals surface area contributed by atoms with Crippen LogP contribution in [0.4, 0.5) is 4.39 Å². The van der Waals surface area contributed by atoms with E-state index in [0.29, 0.717) is 25.2 Å². The molecule has 2 aliphatic heterocycles. The average molecular weight is 396 g/mol. The minimum absolute atomic E-state index is 0.0285. The zero-order valence-electron chi connectivity index (χ0n) is 16.9. The summed E-state index contributed by atoms with van der Waals surface area (Å²) in [6.45, 7) is 5.49. The van der Waals surface area contributed by atoms with Gasteiger partial charge in [0.15, 0.2) is 11.6 Å². The zero-order valence-corrected chi connectivity index (χ0v) is 16.9. The van der Waals surface area contributed by atoms with Crippen molar-refractivity contribution in [1.82, 2.24) is 9.80 Å². The minimum atomic E-state index is -0.487. The van der Waals surface area contributed by atoms with Gasteiger partial charge in [-0.3, -0.25) is 9.59 Å². The maximum Gasteiger partial charge on any atom is 0.254 e. The Hall–Kier alpha value is -2.89. The minimum Gasteiger partial charge on any atom is -0.494 e. The van der Waals surface area contributed by atoms with Crippen LogP contribution in [0.15, 0.2) is 42.5 Å². The van der Waals surface area contributed by atoms with Crippen molar-refractivity contribution in [2.45, 2.75) is 19.9 Å². The van der Waals surface area contributed by atoms with Crippen molar-refractivity contribution in [3.8, 4) is 5.75 Å². The number of aryl methyl sites for hydroxylation is 1. The molecule has 2 saturated heterocycles. The summed E-state index contributed by atoms with van der Waals surface area (Å²) in [5.74, 6) is -0.0691. The van der Waals surface area contributed by atoms with Crippen LogP contribution in [-0.4, -0.2) is 48.4 Å². The number of ether oxygens (including phenoxy) is 1. The van der Waals surface area contributed by atoms with Gasteiger partial charge in [0, 0.05) is 44.0 Å². The second kappa shape index (κ2) is 7.50. The fourth-order valence-corrected chi connectivity index (χ4v) is 4.83. The summed E-state index contributed by atoms with van der Waals surface area (Å²) in [6, 6.07) is 12.3. The molecule has 0 bridgehead atoms. The van der Waals surface area contributed by atoms with Crippen LogP contribution in [-0.2, 0) is 4.79 Å². The van der Waals surface area contributed by atoms with Gasteiger partial charge in [0.2, 0.25) is 5.91 Å². The largest absolute Gasteiger partial charge is 0.494 e. The normalized spacial score (nSPS) is 23.2. The van der Waals surface area contributed by atoms with E-state index in [1.807, 2.05) is 21.9 Å². The third kappa shape index (κ3) is 3.37. The van der Waals surface area contributed by atoms with Crippen molar-refractivity contribution < 1.29 is 18.7 Å². The smallest absolute Gasteiger partial charge is 0.254 e. The van der Waals surface area contributed by atoms with Gasteiger partial charge in [-0.2, -0.15) is 0 Å². The highest BCUT2D eigenvalue weighted by atomic mass is 19.1. The summed E-state index contributed by atoms with van der Waals surface area (Å²) in [4.78, 5) is 29.1. The standard InChI is InChI=1S/C23H25FN2O3/c1-14-6-4-5-7-18(14)22-19-13-25(11-17(19)12-26(22)15(2)27)23(28)16-8-9-20(24)21(10-16)29-3/h4-10,17,19,22H,11-13H2,1-3H3/t17-,19-,22+/m1/s1. The van der Waals surface area contributed by atoms with Gasteiger partial charge in [0.25, 0.3) is 5.91 Å². The van der Waals surface area contributed by atoms with E-state index < -0.39 is 5.82 Å². The molecule has 3 atom stereocenters. The topological polar surface area (TPSA) is 49.9 Å². The van der Waals surface area contributed by atoms with Gasteiger partial charge >= 0.3 is 0 Å². The molecule has 0 unspecified atom stereocenters. The van der Waals surface area contributed by atoms with Crippen LogP contribution in [0.5, 0.6) is 5.75 Å². The van der Waals surface area contributed by atoms with Crippen molar-refractivity contribution in [3.05, 3.63) is 65.0 Å². The molecular formula is C23H25FN2O3. The zero-order chi connectivity index (χ0) is 20.7. The number of nitrogens with zero attached hydrogens (tertiary/aromatic N) is 2. The number of likely N-dealkylation sites (tertiary alicyclic amines) is 2. The molecule has 2 aliphatic rings. The Morgan fingerprint density at radius 3 is 2.55 bits per heavy atom. The van der Waals surface area contributed by atoms with Gasteiger partial charge in [-0.25, -0.2) is 4.39 Å². The number of halogens is 1. The summed E-state index contributed by atoms with van der Waals surface area (Å²) >= 11 is 0. The van der Waals surface area contributed by atoms with E-state index in [-0.39, 0.29) is 35.4 Å². The van der Waals surface area contributed by atoms with Gasteiger partial charge in [0.1, 0.15) is 0 Å². The Morgan fingerprint density at radius 2 is 1.86 bits per heavy atom. The summed E-state index contributed by atoms with van der Waals surface area (Å²) < 4.78 is 18.7. The van der Waals surface area contributed by atoms with Crippen molar-refractivity contribution in [2.75, 3.05) is 26.7 Å². The second-order valence-corrected chi connectivity index (χ2v) is 7.96. The Labute approximate surface area is 170 Å². The molecule has 0 N–H and O–H groups in total. The molecule has 2 aromatic rings. The molecule has 2 heterocycles. The molecular weight excluding hydrogens is 371 g/mol. The van der Waals surface area contributed by atoms with Crippen LogP contribution in [0.2, 0.25) is 0 Å². The number of amides is 2. The van der Waals surface area contributed by atoms with Crippen LogP contribution in [0.3, 0.4) is 0 Å². The number of hydrogen-bond acceptors (Lipinski definition) is 3. The molecule has 0 aliphatic carbocycles. The van der Waals surface area contributed by atoms with E-state index in [0.717, 1.165) is 11.1 Å². The highest BCUT2D eigenvalue weighted by Gasteiger charge is 2.49. The van der Waals surface area contributed by atoms with Crippen LogP contribution in [0.25, 0.3) is 0 Å². The molecule has 5 nitrogen and oxygen atoms in total. The van der Waals surface area contributed by atoms with Crippen LogP contribution >= 0.6 is 0 Å². The summed E-state index contributed by atoms with van der Waals surface area (Å²) in [6.07, 6.45) is 0. The van der Waals surface area contributed by atoms with E-state index in [1.54, 1.807) is 6.92 Å². The highest BCUT2D eigenvalue weighted by molar-refractivity contribution is 5.95.